The summed E-state index contributed by atoms with van der Waals surface area (Å²) in [6.07, 6.45) is 2.13. The van der Waals surface area contributed by atoms with E-state index in [0.717, 1.165) is 30.3 Å². The molecular formula is C16H23BN4O2S2. The number of anilines is 1. The Balaban J connectivity index is 1.59. The fourth-order valence-electron chi connectivity index (χ4n) is 4.09. The molecule has 1 aromatic carbocycles. The van der Waals surface area contributed by atoms with Crippen molar-refractivity contribution in [2.45, 2.75) is 30.2 Å². The Bertz CT molecular complexity index is 827. The smallest absolute Gasteiger partial charge is 0.255 e. The summed E-state index contributed by atoms with van der Waals surface area (Å²) in [7, 11) is 2.48. The molecule has 2 heterocycles. The van der Waals surface area contributed by atoms with Crippen molar-refractivity contribution in [2.75, 3.05) is 31.1 Å². The first-order valence-corrected chi connectivity index (χ1v) is 11.2. The van der Waals surface area contributed by atoms with Crippen LogP contribution in [-0.2, 0) is 16.4 Å². The molecule has 1 fully saturated rings. The van der Waals surface area contributed by atoms with E-state index in [-0.39, 0.29) is 5.94 Å². The topological polar surface area (TPSA) is 65.0 Å². The summed E-state index contributed by atoms with van der Waals surface area (Å²) < 4.78 is 28.9. The van der Waals surface area contributed by atoms with Gasteiger partial charge in [0.1, 0.15) is 7.85 Å². The molecular weight excluding hydrogens is 355 g/mol. The molecule has 1 aliphatic carbocycles. The van der Waals surface area contributed by atoms with Crippen molar-refractivity contribution in [3.8, 4) is 0 Å². The molecule has 25 heavy (non-hydrogen) atoms. The standard InChI is InChI=1S/C16H23BN4O2S2/c1-20(2)13-6-4-10-3-5-11(9-12(10)13)19-25(22,23)15-14(17)18-16-21(15)7-8-24-16/h3,5,9,13-15,19H,4,6-8,17H2,1-2H3. The normalized spacial score (nSPS) is 28.2. The minimum absolute atomic E-state index is 0.246. The van der Waals surface area contributed by atoms with Gasteiger partial charge in [0.25, 0.3) is 10.0 Å². The lowest BCUT2D eigenvalue weighted by Crippen LogP contribution is -2.46. The van der Waals surface area contributed by atoms with Crippen molar-refractivity contribution in [1.29, 1.82) is 0 Å². The second-order valence-electron chi connectivity index (χ2n) is 7.16. The fourth-order valence-corrected chi connectivity index (χ4v) is 6.94. The van der Waals surface area contributed by atoms with Crippen molar-refractivity contribution in [3.05, 3.63) is 29.3 Å². The van der Waals surface area contributed by atoms with E-state index < -0.39 is 15.4 Å². The molecule has 3 atom stereocenters. The number of thioether (sulfide) groups is 1. The van der Waals surface area contributed by atoms with E-state index in [4.69, 9.17) is 0 Å². The summed E-state index contributed by atoms with van der Waals surface area (Å²) in [4.78, 5) is 8.64. The van der Waals surface area contributed by atoms with Gasteiger partial charge in [-0.1, -0.05) is 17.8 Å². The van der Waals surface area contributed by atoms with E-state index in [1.807, 2.05) is 24.9 Å². The summed E-state index contributed by atoms with van der Waals surface area (Å²) in [5.41, 5.74) is 3.20. The molecule has 134 valence electrons. The van der Waals surface area contributed by atoms with Gasteiger partial charge in [-0.2, -0.15) is 0 Å². The number of nitrogens with one attached hydrogen (secondary N) is 1. The number of amidine groups is 1. The zero-order chi connectivity index (χ0) is 17.8. The maximum atomic E-state index is 13.0. The Morgan fingerprint density at radius 3 is 2.96 bits per heavy atom. The Morgan fingerprint density at radius 1 is 1.40 bits per heavy atom. The van der Waals surface area contributed by atoms with Crippen molar-refractivity contribution in [2.24, 2.45) is 4.99 Å². The number of nitrogens with zero attached hydrogens (tertiary/aromatic N) is 3. The number of rotatable bonds is 4. The van der Waals surface area contributed by atoms with Crippen LogP contribution in [-0.4, -0.2) is 68.9 Å². The number of fused-ring (bicyclic) bond motifs is 2. The number of aliphatic imine (C=N–C) groups is 1. The Morgan fingerprint density at radius 2 is 2.20 bits per heavy atom. The third kappa shape index (κ3) is 2.96. The Labute approximate surface area is 154 Å². The molecule has 3 unspecified atom stereocenters. The Hall–Kier alpha value is -1.19. The zero-order valence-electron chi connectivity index (χ0n) is 14.8. The predicted octanol–water partition coefficient (Wildman–Crippen LogP) is 0.681. The van der Waals surface area contributed by atoms with Gasteiger partial charge in [-0.3, -0.25) is 9.71 Å². The van der Waals surface area contributed by atoms with Crippen LogP contribution in [0, 0.1) is 0 Å². The highest BCUT2D eigenvalue weighted by atomic mass is 32.2. The molecule has 6 nitrogen and oxygen atoms in total. The number of aryl methyl sites for hydroxylation is 1. The van der Waals surface area contributed by atoms with Crippen LogP contribution in [0.15, 0.2) is 23.2 Å². The lowest BCUT2D eigenvalue weighted by Gasteiger charge is -2.26. The molecule has 0 spiro atoms. The number of benzene rings is 1. The van der Waals surface area contributed by atoms with Crippen LogP contribution in [0.25, 0.3) is 0 Å². The van der Waals surface area contributed by atoms with Gasteiger partial charge in [-0.05, 0) is 50.2 Å². The number of sulfonamides is 1. The van der Waals surface area contributed by atoms with E-state index in [1.165, 1.54) is 11.1 Å². The zero-order valence-corrected chi connectivity index (χ0v) is 16.4. The average Bonchev–Trinajstić information content (AvgIpc) is 3.19. The van der Waals surface area contributed by atoms with Crippen molar-refractivity contribution < 1.29 is 8.42 Å². The van der Waals surface area contributed by atoms with Gasteiger partial charge >= 0.3 is 0 Å². The fraction of sp³-hybridized carbons (Fsp3) is 0.562. The maximum Gasteiger partial charge on any atom is 0.255 e. The molecule has 0 bridgehead atoms. The molecule has 9 heteroatoms. The van der Waals surface area contributed by atoms with Crippen LogP contribution in [0.2, 0.25) is 0 Å². The molecule has 1 aromatic rings. The third-order valence-electron chi connectivity index (χ3n) is 5.24. The van der Waals surface area contributed by atoms with Gasteiger partial charge in [-0.15, -0.1) is 0 Å². The van der Waals surface area contributed by atoms with Gasteiger partial charge in [0.05, 0.1) is 5.94 Å². The number of hydrogen-bond donors (Lipinski definition) is 1. The second-order valence-corrected chi connectivity index (χ2v) is 10.0. The minimum atomic E-state index is -3.54. The first-order chi connectivity index (χ1) is 11.9. The SMILES string of the molecule is BC1N=C2SCCN2C1S(=O)(=O)Nc1ccc2c(c1)C(N(C)C)CC2. The summed E-state index contributed by atoms with van der Waals surface area (Å²) in [5, 5.41) is 0.250. The molecule has 0 radical (unpaired) electrons. The van der Waals surface area contributed by atoms with Gasteiger partial charge in [0.15, 0.2) is 10.5 Å². The average molecular weight is 378 g/mol. The largest absolute Gasteiger partial charge is 0.331 e. The highest BCUT2D eigenvalue weighted by molar-refractivity contribution is 8.14. The van der Waals surface area contributed by atoms with E-state index >= 15 is 0 Å². The lowest BCUT2D eigenvalue weighted by atomic mass is 9.98. The van der Waals surface area contributed by atoms with Gasteiger partial charge < -0.3 is 9.80 Å². The molecule has 0 amide bonds. The van der Waals surface area contributed by atoms with Gasteiger partial charge in [0, 0.05) is 24.0 Å². The van der Waals surface area contributed by atoms with Gasteiger partial charge in [-0.25, -0.2) is 8.42 Å². The van der Waals surface area contributed by atoms with Crippen LogP contribution < -0.4 is 4.72 Å². The summed E-state index contributed by atoms with van der Waals surface area (Å²) >= 11 is 1.64. The van der Waals surface area contributed by atoms with E-state index in [9.17, 15) is 8.42 Å². The molecule has 0 aromatic heterocycles. The van der Waals surface area contributed by atoms with Crippen molar-refractivity contribution >= 4 is 40.5 Å². The molecule has 2 aliphatic heterocycles. The van der Waals surface area contributed by atoms with E-state index in [1.54, 1.807) is 11.8 Å². The van der Waals surface area contributed by atoms with Crippen LogP contribution >= 0.6 is 11.8 Å². The van der Waals surface area contributed by atoms with Crippen LogP contribution in [0.5, 0.6) is 0 Å². The van der Waals surface area contributed by atoms with Crippen LogP contribution in [0.4, 0.5) is 5.69 Å². The summed E-state index contributed by atoms with van der Waals surface area (Å²) in [6, 6.07) is 6.30. The van der Waals surface area contributed by atoms with Crippen LogP contribution in [0.1, 0.15) is 23.6 Å². The predicted molar refractivity (Wildman–Crippen MR) is 106 cm³/mol. The van der Waals surface area contributed by atoms with Crippen molar-refractivity contribution in [3.63, 3.8) is 0 Å². The molecule has 0 saturated carbocycles. The monoisotopic (exact) mass is 378 g/mol. The molecule has 1 N–H and O–H groups in total. The minimum Gasteiger partial charge on any atom is -0.331 e. The lowest BCUT2D eigenvalue weighted by molar-refractivity contribution is 0.299. The summed E-state index contributed by atoms with van der Waals surface area (Å²) in [6.45, 7) is 0.742. The highest BCUT2D eigenvalue weighted by Gasteiger charge is 2.44. The first-order valence-electron chi connectivity index (χ1n) is 8.65. The number of hydrogen-bond acceptors (Lipinski definition) is 6. The van der Waals surface area contributed by atoms with E-state index in [2.05, 4.69) is 34.8 Å². The maximum absolute atomic E-state index is 13.0. The highest BCUT2D eigenvalue weighted by Crippen LogP contribution is 2.37. The quantitative estimate of drug-likeness (QED) is 0.781. The second kappa shape index (κ2) is 6.21. The summed E-state index contributed by atoms with van der Waals surface area (Å²) in [5.74, 6) is 0.658. The first kappa shape index (κ1) is 17.2. The Kier molecular flexibility index (Phi) is 4.28. The third-order valence-corrected chi connectivity index (χ3v) is 8.03. The molecule has 3 aliphatic rings. The molecule has 4 rings (SSSR count). The van der Waals surface area contributed by atoms with Crippen molar-refractivity contribution in [1.82, 2.24) is 9.80 Å². The van der Waals surface area contributed by atoms with Gasteiger partial charge in [0.2, 0.25) is 0 Å². The van der Waals surface area contributed by atoms with Crippen LogP contribution in [0.3, 0.4) is 0 Å². The van der Waals surface area contributed by atoms with E-state index in [0.29, 0.717) is 11.7 Å². The molecule has 1 saturated heterocycles.